The number of hydrazine groups is 1. The Kier molecular flexibility index (Phi) is 11.7. The lowest BCUT2D eigenvalue weighted by Crippen LogP contribution is -2.70. The van der Waals surface area contributed by atoms with Gasteiger partial charge in [-0.25, -0.2) is 9.80 Å². The van der Waals surface area contributed by atoms with Crippen molar-refractivity contribution in [3.63, 3.8) is 0 Å². The fraction of sp³-hybridized carbons (Fsp3) is 0.275. The largest absolute Gasteiger partial charge is 0.508 e. The van der Waals surface area contributed by atoms with E-state index in [0.717, 1.165) is 22.3 Å². The molecule has 9 heteroatoms. The van der Waals surface area contributed by atoms with E-state index in [2.05, 4.69) is 35.5 Å². The molecule has 0 radical (unpaired) electrons. The number of benzene rings is 4. The molecule has 1 heterocycles. The number of nitrogens with one attached hydrogen (secondary N) is 1. The fourth-order valence-electron chi connectivity index (χ4n) is 6.44. The molecule has 9 nitrogen and oxygen atoms in total. The summed E-state index contributed by atoms with van der Waals surface area (Å²) < 4.78 is 0. The highest BCUT2D eigenvalue weighted by Crippen LogP contribution is 2.29. The highest BCUT2D eigenvalue weighted by atomic mass is 16.3. The van der Waals surface area contributed by atoms with Gasteiger partial charge in [-0.2, -0.15) is 5.01 Å². The number of nitrogens with zero attached hydrogens (tertiary/aromatic N) is 4. The molecule has 1 aliphatic heterocycles. The van der Waals surface area contributed by atoms with Gasteiger partial charge in [0.2, 0.25) is 11.8 Å². The molecule has 4 aromatic carbocycles. The van der Waals surface area contributed by atoms with Crippen molar-refractivity contribution in [1.29, 1.82) is 0 Å². The van der Waals surface area contributed by atoms with Gasteiger partial charge in [0.05, 0.1) is 13.1 Å². The van der Waals surface area contributed by atoms with Gasteiger partial charge in [0, 0.05) is 32.5 Å². The summed E-state index contributed by atoms with van der Waals surface area (Å²) in [6.07, 6.45) is 5.68. The molecule has 0 bridgehead atoms. The topological polar surface area (TPSA) is 96.4 Å². The van der Waals surface area contributed by atoms with Crippen LogP contribution < -0.4 is 5.32 Å². The van der Waals surface area contributed by atoms with Crippen molar-refractivity contribution in [3.8, 4) is 18.1 Å². The van der Waals surface area contributed by atoms with Gasteiger partial charge < -0.3 is 20.2 Å². The van der Waals surface area contributed by atoms with Crippen LogP contribution in [0.1, 0.15) is 41.5 Å². The Morgan fingerprint density at radius 2 is 1.47 bits per heavy atom. The van der Waals surface area contributed by atoms with Crippen LogP contribution in [0.4, 0.5) is 4.79 Å². The van der Waals surface area contributed by atoms with Crippen LogP contribution in [0.2, 0.25) is 0 Å². The normalized spacial score (nSPS) is 15.5. The van der Waals surface area contributed by atoms with Gasteiger partial charge in [-0.1, -0.05) is 109 Å². The predicted molar refractivity (Wildman–Crippen MR) is 190 cm³/mol. The number of terminal acetylenes is 1. The van der Waals surface area contributed by atoms with Gasteiger partial charge in [-0.15, -0.1) is 6.42 Å². The van der Waals surface area contributed by atoms with Crippen LogP contribution in [0.25, 0.3) is 0 Å². The number of carbonyl (C=O) groups excluding carboxylic acids is 3. The first kappa shape index (κ1) is 34.7. The first-order valence-corrected chi connectivity index (χ1v) is 16.5. The Morgan fingerprint density at radius 3 is 2.04 bits per heavy atom. The summed E-state index contributed by atoms with van der Waals surface area (Å²) in [6, 6.07) is 35.2. The van der Waals surface area contributed by atoms with E-state index >= 15 is 0 Å². The van der Waals surface area contributed by atoms with Gasteiger partial charge in [0.1, 0.15) is 18.0 Å². The number of hydrogen-bond acceptors (Lipinski definition) is 5. The third-order valence-electron chi connectivity index (χ3n) is 8.95. The first-order valence-electron chi connectivity index (χ1n) is 16.5. The first-order chi connectivity index (χ1) is 23.8. The molecule has 4 amide bonds. The minimum atomic E-state index is -0.929. The number of amides is 4. The lowest BCUT2D eigenvalue weighted by Gasteiger charge is -2.49. The molecule has 1 saturated heterocycles. The molecule has 2 atom stereocenters. The van der Waals surface area contributed by atoms with E-state index in [-0.39, 0.29) is 49.5 Å². The molecule has 0 spiro atoms. The van der Waals surface area contributed by atoms with Crippen molar-refractivity contribution in [2.45, 2.75) is 44.4 Å². The number of phenols is 1. The monoisotopic (exact) mass is 657 g/mol. The molecule has 5 rings (SSSR count). The standard InChI is InChI=1S/C40H43N5O4/c1-4-25-43-29-38(47)44(30(2)45(43)40(49)41-28-32-14-8-5-9-15-32)37(27-31-20-22-35(46)23-21-31)39(48)42(3)26-24-36(33-16-10-6-11-17-33)34-18-12-7-13-19-34/h1,5-23,30,36-37,46H,24-29H2,2-3H3,(H,41,49)/t30-,37-/m0/s1. The maximum Gasteiger partial charge on any atom is 0.334 e. The lowest BCUT2D eigenvalue weighted by atomic mass is 9.88. The van der Waals surface area contributed by atoms with Crippen molar-refractivity contribution in [3.05, 3.63) is 138 Å². The van der Waals surface area contributed by atoms with E-state index in [1.54, 1.807) is 48.1 Å². The number of aromatic hydroxyl groups is 1. The van der Waals surface area contributed by atoms with Gasteiger partial charge in [0.15, 0.2) is 0 Å². The number of urea groups is 1. The number of carbonyl (C=O) groups is 3. The van der Waals surface area contributed by atoms with Gasteiger partial charge >= 0.3 is 6.03 Å². The quantitative estimate of drug-likeness (QED) is 0.204. The van der Waals surface area contributed by atoms with Crippen molar-refractivity contribution in [2.75, 3.05) is 26.7 Å². The molecule has 0 unspecified atom stereocenters. The minimum Gasteiger partial charge on any atom is -0.508 e. The third-order valence-corrected chi connectivity index (χ3v) is 8.95. The molecule has 0 saturated carbocycles. The van der Waals surface area contributed by atoms with Crippen LogP contribution in [0.15, 0.2) is 115 Å². The molecule has 1 aliphatic rings. The second kappa shape index (κ2) is 16.5. The Balaban J connectivity index is 1.41. The summed E-state index contributed by atoms with van der Waals surface area (Å²) in [5.74, 6) is 2.16. The summed E-state index contributed by atoms with van der Waals surface area (Å²) >= 11 is 0. The molecule has 0 aliphatic carbocycles. The molecule has 1 fully saturated rings. The third kappa shape index (κ3) is 8.66. The highest BCUT2D eigenvalue weighted by Gasteiger charge is 2.45. The average molecular weight is 658 g/mol. The molecule has 2 N–H and O–H groups in total. The SMILES string of the molecule is C#CCN1CC(=O)N([C@@H](Cc2ccc(O)cc2)C(=O)N(C)CCC(c2ccccc2)c2ccccc2)[C@H](C)N1C(=O)NCc1ccccc1. The zero-order chi connectivity index (χ0) is 34.8. The van der Waals surface area contributed by atoms with E-state index in [1.165, 1.54) is 9.91 Å². The Hall–Kier alpha value is -5.59. The van der Waals surface area contributed by atoms with Crippen LogP contribution in [-0.2, 0) is 22.6 Å². The molecule has 0 aromatic heterocycles. The Bertz CT molecular complexity index is 1690. The molecule has 252 valence electrons. The Labute approximate surface area is 288 Å². The van der Waals surface area contributed by atoms with Crippen molar-refractivity contribution in [1.82, 2.24) is 25.1 Å². The van der Waals surface area contributed by atoms with Gasteiger partial charge in [0.25, 0.3) is 0 Å². The maximum absolute atomic E-state index is 14.5. The minimum absolute atomic E-state index is 0.0412. The summed E-state index contributed by atoms with van der Waals surface area (Å²) in [7, 11) is 1.76. The summed E-state index contributed by atoms with van der Waals surface area (Å²) in [4.78, 5) is 45.4. The zero-order valence-corrected chi connectivity index (χ0v) is 28.0. The average Bonchev–Trinajstić information content (AvgIpc) is 3.12. The van der Waals surface area contributed by atoms with E-state index in [9.17, 15) is 19.5 Å². The summed E-state index contributed by atoms with van der Waals surface area (Å²) in [5, 5.41) is 15.9. The van der Waals surface area contributed by atoms with Crippen LogP contribution in [0.3, 0.4) is 0 Å². The Morgan fingerprint density at radius 1 is 0.898 bits per heavy atom. The van der Waals surface area contributed by atoms with E-state index < -0.39 is 18.2 Å². The predicted octanol–water partition coefficient (Wildman–Crippen LogP) is 5.23. The van der Waals surface area contributed by atoms with E-state index in [0.29, 0.717) is 13.0 Å². The van der Waals surface area contributed by atoms with Gasteiger partial charge in [-0.05, 0) is 47.7 Å². The second-order valence-electron chi connectivity index (χ2n) is 12.3. The highest BCUT2D eigenvalue weighted by molar-refractivity contribution is 5.90. The van der Waals surface area contributed by atoms with Crippen molar-refractivity contribution in [2.24, 2.45) is 0 Å². The van der Waals surface area contributed by atoms with Gasteiger partial charge in [-0.3, -0.25) is 9.59 Å². The number of likely N-dealkylation sites (N-methyl/N-ethyl adjacent to an activating group) is 1. The fourth-order valence-corrected chi connectivity index (χ4v) is 6.44. The summed E-state index contributed by atoms with van der Waals surface area (Å²) in [6.45, 7) is 2.32. The summed E-state index contributed by atoms with van der Waals surface area (Å²) in [5.41, 5.74) is 3.99. The van der Waals surface area contributed by atoms with E-state index in [4.69, 9.17) is 6.42 Å². The lowest BCUT2D eigenvalue weighted by molar-refractivity contribution is -0.173. The second-order valence-corrected chi connectivity index (χ2v) is 12.3. The number of rotatable bonds is 12. The number of phenolic OH excluding ortho intramolecular Hbond substituents is 1. The number of hydrogen-bond donors (Lipinski definition) is 2. The van der Waals surface area contributed by atoms with Crippen molar-refractivity contribution >= 4 is 17.8 Å². The maximum atomic E-state index is 14.5. The molecular formula is C40H43N5O4. The molecule has 49 heavy (non-hydrogen) atoms. The van der Waals surface area contributed by atoms with Crippen LogP contribution >= 0.6 is 0 Å². The zero-order valence-electron chi connectivity index (χ0n) is 28.0. The molecule has 4 aromatic rings. The van der Waals surface area contributed by atoms with Crippen LogP contribution in [-0.4, -0.2) is 81.7 Å². The molecular weight excluding hydrogens is 614 g/mol. The smallest absolute Gasteiger partial charge is 0.334 e. The van der Waals surface area contributed by atoms with E-state index in [1.807, 2.05) is 66.7 Å². The van der Waals surface area contributed by atoms with Crippen molar-refractivity contribution < 1.29 is 19.5 Å². The van der Waals surface area contributed by atoms with Crippen LogP contribution in [0.5, 0.6) is 5.75 Å². The van der Waals surface area contributed by atoms with Crippen LogP contribution in [0, 0.1) is 12.3 Å².